The van der Waals surface area contributed by atoms with Crippen molar-refractivity contribution in [1.82, 2.24) is 5.32 Å². The van der Waals surface area contributed by atoms with Crippen LogP contribution in [0.3, 0.4) is 0 Å². The second-order valence-corrected chi connectivity index (χ2v) is 7.30. The van der Waals surface area contributed by atoms with Crippen molar-refractivity contribution in [1.29, 1.82) is 0 Å². The largest absolute Gasteiger partial charge is 0.463 e. The van der Waals surface area contributed by atoms with E-state index in [1.54, 1.807) is 0 Å². The molecule has 12 nitrogen and oxygen atoms in total. The number of ether oxygens (including phenoxy) is 2. The van der Waals surface area contributed by atoms with Crippen LogP contribution < -0.4 is 15.4 Å². The molecule has 1 aromatic carbocycles. The summed E-state index contributed by atoms with van der Waals surface area (Å²) in [7, 11) is -5.01. The van der Waals surface area contributed by atoms with Gasteiger partial charge in [0.05, 0.1) is 6.61 Å². The molecule has 5 N–H and O–H groups in total. The van der Waals surface area contributed by atoms with E-state index in [0.717, 1.165) is 6.92 Å². The molecule has 29 heavy (non-hydrogen) atoms. The number of nitrogens with one attached hydrogen (secondary N) is 2. The lowest BCUT2D eigenvalue weighted by Crippen LogP contribution is -2.66. The maximum Gasteiger partial charge on any atom is 0.397 e. The predicted octanol–water partition coefficient (Wildman–Crippen LogP) is -1.21. The molecule has 0 saturated carbocycles. The zero-order chi connectivity index (χ0) is 21.8. The van der Waals surface area contributed by atoms with E-state index < -0.39 is 53.6 Å². The number of carbonyl (C=O) groups is 2. The molecule has 0 unspecified atom stereocenters. The third kappa shape index (κ3) is 6.62. The maximum atomic E-state index is 11.6. The van der Waals surface area contributed by atoms with Gasteiger partial charge in [0.25, 0.3) is 0 Å². The zero-order valence-corrected chi connectivity index (χ0v) is 16.3. The maximum absolute atomic E-state index is 11.6. The Kier molecular flexibility index (Phi) is 7.51. The van der Waals surface area contributed by atoms with E-state index in [2.05, 4.69) is 14.8 Å². The van der Waals surface area contributed by atoms with Crippen LogP contribution in [0.25, 0.3) is 0 Å². The van der Waals surface area contributed by atoms with E-state index in [0.29, 0.717) is 5.69 Å². The van der Waals surface area contributed by atoms with Crippen LogP contribution in [-0.4, -0.2) is 72.2 Å². The molecule has 0 bridgehead atoms. The Bertz CT molecular complexity index is 829. The third-order valence-electron chi connectivity index (χ3n) is 3.88. The van der Waals surface area contributed by atoms with E-state index in [4.69, 9.17) is 14.0 Å². The van der Waals surface area contributed by atoms with Gasteiger partial charge < -0.3 is 30.3 Å². The van der Waals surface area contributed by atoms with Gasteiger partial charge in [-0.1, -0.05) is 0 Å². The summed E-state index contributed by atoms with van der Waals surface area (Å²) in [4.78, 5) is 22.6. The Hall–Kier alpha value is -2.29. The summed E-state index contributed by atoms with van der Waals surface area (Å²) in [5.41, 5.74) is 0.490. The molecule has 2 rings (SSSR count). The predicted molar refractivity (Wildman–Crippen MR) is 97.2 cm³/mol. The van der Waals surface area contributed by atoms with Gasteiger partial charge in [-0.05, 0) is 24.3 Å². The Balaban J connectivity index is 2.29. The summed E-state index contributed by atoms with van der Waals surface area (Å²) in [6.07, 6.45) is -6.13. The first kappa shape index (κ1) is 23.0. The minimum absolute atomic E-state index is 0.207. The quantitative estimate of drug-likeness (QED) is 0.327. The third-order valence-corrected chi connectivity index (χ3v) is 4.35. The summed E-state index contributed by atoms with van der Waals surface area (Å²) in [5.74, 6) is -0.685. The molecule has 13 heteroatoms. The van der Waals surface area contributed by atoms with Gasteiger partial charge in [-0.15, -0.1) is 0 Å². The molecule has 0 aliphatic carbocycles. The minimum atomic E-state index is -5.01. The summed E-state index contributed by atoms with van der Waals surface area (Å²) in [6, 6.07) is 4.63. The molecule has 1 aromatic rings. The van der Waals surface area contributed by atoms with E-state index >= 15 is 0 Å². The van der Waals surface area contributed by atoms with Crippen LogP contribution in [0.5, 0.6) is 5.75 Å². The van der Waals surface area contributed by atoms with Crippen molar-refractivity contribution in [3.8, 4) is 5.75 Å². The van der Waals surface area contributed by atoms with Crippen LogP contribution in [0.2, 0.25) is 0 Å². The number of carbonyl (C=O) groups excluding carboxylic acids is 2. The number of amides is 2. The molecule has 162 valence electrons. The van der Waals surface area contributed by atoms with Crippen LogP contribution in [-0.2, 0) is 28.9 Å². The number of hydrogen-bond donors (Lipinski definition) is 5. The van der Waals surface area contributed by atoms with Crippen molar-refractivity contribution in [2.75, 3.05) is 11.9 Å². The summed E-state index contributed by atoms with van der Waals surface area (Å²) >= 11 is 0. The highest BCUT2D eigenvalue weighted by atomic mass is 32.3. The highest BCUT2D eigenvalue weighted by Crippen LogP contribution is 2.27. The fraction of sp³-hybridized carbons (Fsp3) is 0.500. The molecule has 0 spiro atoms. The molecule has 2 amide bonds. The zero-order valence-electron chi connectivity index (χ0n) is 15.5. The van der Waals surface area contributed by atoms with Crippen molar-refractivity contribution in [2.45, 2.75) is 44.5 Å². The topological polar surface area (TPSA) is 181 Å². The number of aliphatic hydroxyl groups is 2. The smallest absolute Gasteiger partial charge is 0.397 e. The van der Waals surface area contributed by atoms with Crippen molar-refractivity contribution < 1.29 is 46.4 Å². The van der Waals surface area contributed by atoms with Crippen LogP contribution in [0.4, 0.5) is 5.69 Å². The first-order valence-electron chi connectivity index (χ1n) is 8.41. The number of benzene rings is 1. The molecule has 1 heterocycles. The van der Waals surface area contributed by atoms with Gasteiger partial charge in [-0.3, -0.25) is 14.1 Å². The monoisotopic (exact) mass is 434 g/mol. The average Bonchev–Trinajstić information content (AvgIpc) is 2.60. The van der Waals surface area contributed by atoms with Crippen molar-refractivity contribution >= 4 is 27.9 Å². The fourth-order valence-electron chi connectivity index (χ4n) is 2.76. The SMILES string of the molecule is CC(=O)Nc1ccc(O[C@@H]2O[C@H](CO)[C@@H](O)[C@H](OS(=O)(=O)O)[C@@H]2NC(C)=O)cc1. The molecular formula is C16H22N2O10S. The van der Waals surface area contributed by atoms with Gasteiger partial charge in [0, 0.05) is 19.5 Å². The highest BCUT2D eigenvalue weighted by Gasteiger charge is 2.49. The lowest BCUT2D eigenvalue weighted by atomic mass is 9.97. The lowest BCUT2D eigenvalue weighted by molar-refractivity contribution is -0.239. The number of rotatable bonds is 7. The Morgan fingerprint density at radius 2 is 1.79 bits per heavy atom. The first-order valence-corrected chi connectivity index (χ1v) is 9.78. The summed E-state index contributed by atoms with van der Waals surface area (Å²) in [6.45, 7) is 1.75. The summed E-state index contributed by atoms with van der Waals surface area (Å²) < 4.78 is 47.0. The Morgan fingerprint density at radius 1 is 1.17 bits per heavy atom. The first-order chi connectivity index (χ1) is 13.5. The van der Waals surface area contributed by atoms with Crippen molar-refractivity contribution in [2.24, 2.45) is 0 Å². The molecule has 1 fully saturated rings. The van der Waals surface area contributed by atoms with Crippen molar-refractivity contribution in [3.63, 3.8) is 0 Å². The van der Waals surface area contributed by atoms with Gasteiger partial charge in [-0.25, -0.2) is 4.18 Å². The average molecular weight is 434 g/mol. The molecule has 1 aliphatic rings. The lowest BCUT2D eigenvalue weighted by Gasteiger charge is -2.43. The second kappa shape index (κ2) is 9.47. The van der Waals surface area contributed by atoms with E-state index in [1.807, 2.05) is 0 Å². The number of aliphatic hydroxyl groups excluding tert-OH is 2. The molecule has 0 radical (unpaired) electrons. The normalized spacial score (nSPS) is 27.1. The molecule has 1 saturated heterocycles. The van der Waals surface area contributed by atoms with Gasteiger partial charge in [0.1, 0.15) is 30.1 Å². The van der Waals surface area contributed by atoms with E-state index in [1.165, 1.54) is 31.2 Å². The standard InChI is InChI=1S/C16H22N2O10S/c1-8(20)17-10-3-5-11(6-4-10)26-16-13(18-9(2)21)15(28-29(23,24)25)14(22)12(7-19)27-16/h3-6,12-16,19,22H,7H2,1-2H3,(H,17,20)(H,18,21)(H,23,24,25)/t12-,13+,14-,15-,16-/m1/s1. The van der Waals surface area contributed by atoms with Gasteiger partial charge in [-0.2, -0.15) is 8.42 Å². The highest BCUT2D eigenvalue weighted by molar-refractivity contribution is 7.80. The van der Waals surface area contributed by atoms with E-state index in [9.17, 15) is 28.2 Å². The Morgan fingerprint density at radius 3 is 2.28 bits per heavy atom. The molecular weight excluding hydrogens is 412 g/mol. The van der Waals surface area contributed by atoms with E-state index in [-0.39, 0.29) is 11.7 Å². The molecule has 1 aliphatic heterocycles. The molecule has 5 atom stereocenters. The van der Waals surface area contributed by atoms with Gasteiger partial charge in [0.15, 0.2) is 0 Å². The summed E-state index contributed by atoms with van der Waals surface area (Å²) in [5, 5.41) is 24.6. The fourth-order valence-corrected chi connectivity index (χ4v) is 3.28. The van der Waals surface area contributed by atoms with Crippen LogP contribution in [0, 0.1) is 0 Å². The van der Waals surface area contributed by atoms with Crippen LogP contribution >= 0.6 is 0 Å². The number of anilines is 1. The minimum Gasteiger partial charge on any atom is -0.463 e. The van der Waals surface area contributed by atoms with Crippen LogP contribution in [0.15, 0.2) is 24.3 Å². The second-order valence-electron chi connectivity index (χ2n) is 6.25. The molecule has 0 aromatic heterocycles. The van der Waals surface area contributed by atoms with Gasteiger partial charge in [0.2, 0.25) is 18.1 Å². The Labute approximate surface area is 166 Å². The number of hydrogen-bond acceptors (Lipinski definition) is 9. The van der Waals surface area contributed by atoms with Crippen molar-refractivity contribution in [3.05, 3.63) is 24.3 Å². The van der Waals surface area contributed by atoms with Crippen LogP contribution in [0.1, 0.15) is 13.8 Å². The van der Waals surface area contributed by atoms with Gasteiger partial charge >= 0.3 is 10.4 Å².